The van der Waals surface area contributed by atoms with Gasteiger partial charge in [0.05, 0.1) is 0 Å². The zero-order chi connectivity index (χ0) is 15.8. The molecule has 0 radical (unpaired) electrons. The Labute approximate surface area is 132 Å². The Morgan fingerprint density at radius 1 is 1.14 bits per heavy atom. The van der Waals surface area contributed by atoms with Crippen LogP contribution >= 0.6 is 0 Å². The van der Waals surface area contributed by atoms with Crippen molar-refractivity contribution in [3.05, 3.63) is 59.9 Å². The maximum Gasteiger partial charge on any atom is 0.225 e. The van der Waals surface area contributed by atoms with Crippen molar-refractivity contribution in [2.45, 2.75) is 19.8 Å². The fraction of sp³-hybridized carbons (Fsp3) is 0.333. The number of anilines is 1. The molecule has 1 N–H and O–H groups in total. The van der Waals surface area contributed by atoms with E-state index in [4.69, 9.17) is 0 Å². The summed E-state index contributed by atoms with van der Waals surface area (Å²) in [4.78, 5) is 18.2. The number of pyridine rings is 1. The number of amides is 1. The number of nitrogens with one attached hydrogen (secondary N) is 1. The topological polar surface area (TPSA) is 45.2 Å². The fourth-order valence-corrected chi connectivity index (χ4v) is 2.20. The van der Waals surface area contributed by atoms with Gasteiger partial charge in [0.2, 0.25) is 5.91 Å². The van der Waals surface area contributed by atoms with E-state index in [1.165, 1.54) is 5.56 Å². The molecule has 0 aliphatic heterocycles. The molecule has 0 bridgehead atoms. The summed E-state index contributed by atoms with van der Waals surface area (Å²) >= 11 is 0. The van der Waals surface area contributed by atoms with Crippen LogP contribution in [0.15, 0.2) is 48.8 Å². The number of rotatable bonds is 7. The van der Waals surface area contributed by atoms with Gasteiger partial charge in [0.25, 0.3) is 0 Å². The highest BCUT2D eigenvalue weighted by molar-refractivity contribution is 5.91. The predicted molar refractivity (Wildman–Crippen MR) is 89.9 cm³/mol. The first-order valence-corrected chi connectivity index (χ1v) is 7.58. The average molecular weight is 297 g/mol. The molecule has 1 heterocycles. The van der Waals surface area contributed by atoms with E-state index in [-0.39, 0.29) is 5.91 Å². The van der Waals surface area contributed by atoms with Crippen LogP contribution < -0.4 is 5.32 Å². The van der Waals surface area contributed by atoms with Crippen LogP contribution in [0.2, 0.25) is 0 Å². The minimum absolute atomic E-state index is 0.0602. The van der Waals surface area contributed by atoms with E-state index >= 15 is 0 Å². The zero-order valence-electron chi connectivity index (χ0n) is 13.2. The molecule has 0 spiro atoms. The number of benzene rings is 1. The number of aryl methyl sites for hydroxylation is 1. The lowest BCUT2D eigenvalue weighted by Crippen LogP contribution is -2.26. The van der Waals surface area contributed by atoms with Gasteiger partial charge in [-0.3, -0.25) is 9.78 Å². The van der Waals surface area contributed by atoms with Crippen molar-refractivity contribution in [2.75, 3.05) is 25.5 Å². The van der Waals surface area contributed by atoms with Gasteiger partial charge in [0, 0.05) is 37.6 Å². The Bertz CT molecular complexity index is 598. The second kappa shape index (κ2) is 8.29. The van der Waals surface area contributed by atoms with Gasteiger partial charge in [-0.15, -0.1) is 0 Å². The van der Waals surface area contributed by atoms with Crippen molar-refractivity contribution in [3.63, 3.8) is 0 Å². The highest BCUT2D eigenvalue weighted by Gasteiger charge is 2.06. The highest BCUT2D eigenvalue weighted by atomic mass is 16.1. The Morgan fingerprint density at radius 3 is 2.59 bits per heavy atom. The van der Waals surface area contributed by atoms with Crippen LogP contribution in [0.5, 0.6) is 0 Å². The highest BCUT2D eigenvalue weighted by Crippen LogP contribution is 2.13. The third-order valence-electron chi connectivity index (χ3n) is 3.67. The molecular weight excluding hydrogens is 274 g/mol. The van der Waals surface area contributed by atoms with Gasteiger partial charge in [0.15, 0.2) is 0 Å². The number of hydrogen-bond donors (Lipinski definition) is 1. The molecule has 116 valence electrons. The van der Waals surface area contributed by atoms with E-state index in [0.29, 0.717) is 6.42 Å². The summed E-state index contributed by atoms with van der Waals surface area (Å²) in [6.45, 7) is 3.68. The third-order valence-corrected chi connectivity index (χ3v) is 3.67. The molecule has 1 aromatic heterocycles. The number of carbonyl (C=O) groups is 1. The molecule has 1 amide bonds. The summed E-state index contributed by atoms with van der Waals surface area (Å²) in [5.74, 6) is 0.0602. The van der Waals surface area contributed by atoms with Crippen LogP contribution in [0, 0.1) is 6.92 Å². The van der Waals surface area contributed by atoms with Crippen molar-refractivity contribution in [2.24, 2.45) is 0 Å². The molecule has 0 aliphatic rings. The van der Waals surface area contributed by atoms with Gasteiger partial charge >= 0.3 is 0 Å². The van der Waals surface area contributed by atoms with E-state index in [0.717, 1.165) is 30.8 Å². The number of hydrogen-bond acceptors (Lipinski definition) is 3. The van der Waals surface area contributed by atoms with Crippen LogP contribution in [0.1, 0.15) is 17.5 Å². The van der Waals surface area contributed by atoms with E-state index < -0.39 is 0 Å². The molecule has 0 saturated carbocycles. The molecule has 0 aliphatic carbocycles. The summed E-state index contributed by atoms with van der Waals surface area (Å²) < 4.78 is 0. The van der Waals surface area contributed by atoms with Gasteiger partial charge in [-0.05, 0) is 49.7 Å². The first-order chi connectivity index (χ1) is 10.6. The molecule has 2 aromatic rings. The lowest BCUT2D eigenvalue weighted by Gasteiger charge is -2.16. The second-order valence-corrected chi connectivity index (χ2v) is 5.52. The number of carbonyl (C=O) groups excluding carboxylic acids is 1. The summed E-state index contributed by atoms with van der Waals surface area (Å²) in [6.07, 6.45) is 5.09. The monoisotopic (exact) mass is 297 g/mol. The molecule has 2 rings (SSSR count). The molecule has 0 unspecified atom stereocenters. The Balaban J connectivity index is 1.71. The van der Waals surface area contributed by atoms with E-state index in [2.05, 4.69) is 15.2 Å². The van der Waals surface area contributed by atoms with E-state index in [1.807, 2.05) is 62.8 Å². The van der Waals surface area contributed by atoms with Crippen molar-refractivity contribution in [1.82, 2.24) is 9.88 Å². The number of likely N-dealkylation sites (N-methyl/N-ethyl adjacent to an activating group) is 1. The van der Waals surface area contributed by atoms with Gasteiger partial charge < -0.3 is 10.2 Å². The van der Waals surface area contributed by atoms with Crippen molar-refractivity contribution in [3.8, 4) is 0 Å². The predicted octanol–water partition coefficient (Wildman–Crippen LogP) is 2.89. The van der Waals surface area contributed by atoms with Crippen LogP contribution in [0.25, 0.3) is 0 Å². The maximum absolute atomic E-state index is 12.0. The number of nitrogens with zero attached hydrogens (tertiary/aromatic N) is 2. The smallest absolute Gasteiger partial charge is 0.225 e. The molecule has 4 heteroatoms. The molecule has 4 nitrogen and oxygen atoms in total. The lowest BCUT2D eigenvalue weighted by molar-refractivity contribution is -0.116. The zero-order valence-corrected chi connectivity index (χ0v) is 13.2. The van der Waals surface area contributed by atoms with Crippen LogP contribution in [-0.4, -0.2) is 35.9 Å². The van der Waals surface area contributed by atoms with Crippen LogP contribution in [0.3, 0.4) is 0 Å². The van der Waals surface area contributed by atoms with E-state index in [1.54, 1.807) is 0 Å². The van der Waals surface area contributed by atoms with Gasteiger partial charge in [0.1, 0.15) is 0 Å². The molecule has 0 saturated heterocycles. The van der Waals surface area contributed by atoms with Gasteiger partial charge in [-0.25, -0.2) is 0 Å². The number of aromatic nitrogens is 1. The normalized spacial score (nSPS) is 10.7. The van der Waals surface area contributed by atoms with Gasteiger partial charge in [-0.1, -0.05) is 18.2 Å². The largest absolute Gasteiger partial charge is 0.326 e. The molecule has 0 fully saturated rings. The van der Waals surface area contributed by atoms with Crippen LogP contribution in [0.4, 0.5) is 5.69 Å². The first kappa shape index (κ1) is 16.2. The minimum Gasteiger partial charge on any atom is -0.326 e. The van der Waals surface area contributed by atoms with Crippen molar-refractivity contribution < 1.29 is 4.79 Å². The van der Waals surface area contributed by atoms with Crippen LogP contribution in [-0.2, 0) is 11.2 Å². The van der Waals surface area contributed by atoms with Gasteiger partial charge in [-0.2, -0.15) is 0 Å². The molecule has 1 aromatic carbocycles. The minimum atomic E-state index is 0.0602. The SMILES string of the molecule is Cc1ccccc1NC(=O)CCN(C)CCc1ccncc1. The summed E-state index contributed by atoms with van der Waals surface area (Å²) in [6, 6.07) is 11.9. The molecule has 22 heavy (non-hydrogen) atoms. The standard InChI is InChI=1S/C18H23N3O/c1-15-5-3-4-6-17(15)20-18(22)10-14-21(2)13-9-16-7-11-19-12-8-16/h3-8,11-12H,9-10,13-14H2,1-2H3,(H,20,22). The van der Waals surface area contributed by atoms with Crippen molar-refractivity contribution >= 4 is 11.6 Å². The first-order valence-electron chi connectivity index (χ1n) is 7.58. The summed E-state index contributed by atoms with van der Waals surface area (Å²) in [7, 11) is 2.04. The summed E-state index contributed by atoms with van der Waals surface area (Å²) in [5.41, 5.74) is 3.25. The van der Waals surface area contributed by atoms with Crippen molar-refractivity contribution in [1.29, 1.82) is 0 Å². The Morgan fingerprint density at radius 2 is 1.86 bits per heavy atom. The second-order valence-electron chi connectivity index (χ2n) is 5.52. The third kappa shape index (κ3) is 5.30. The quantitative estimate of drug-likeness (QED) is 0.854. The maximum atomic E-state index is 12.0. The number of para-hydroxylation sites is 1. The Hall–Kier alpha value is -2.20. The molecule has 0 atom stereocenters. The molecular formula is C18H23N3O. The summed E-state index contributed by atoms with van der Waals surface area (Å²) in [5, 5.41) is 2.97. The fourth-order valence-electron chi connectivity index (χ4n) is 2.20. The van der Waals surface area contributed by atoms with E-state index in [9.17, 15) is 4.79 Å². The Kier molecular flexibility index (Phi) is 6.10. The lowest BCUT2D eigenvalue weighted by atomic mass is 10.2. The average Bonchev–Trinajstić information content (AvgIpc) is 2.54.